The number of rotatable bonds is 6. The Balaban J connectivity index is 0.000000250. The summed E-state index contributed by atoms with van der Waals surface area (Å²) in [7, 11) is 1.85. The Morgan fingerprint density at radius 1 is 1.08 bits per heavy atom. The van der Waals surface area contributed by atoms with E-state index in [1.165, 1.54) is 12.1 Å². The third kappa shape index (κ3) is 5.87. The van der Waals surface area contributed by atoms with E-state index in [0.29, 0.717) is 41.3 Å². The Morgan fingerprint density at radius 3 is 2.65 bits per heavy atom. The number of amides is 1. The maximum Gasteiger partial charge on any atom is 0.257 e. The molecule has 1 unspecified atom stereocenters. The van der Waals surface area contributed by atoms with Crippen molar-refractivity contribution in [1.82, 2.24) is 25.1 Å². The van der Waals surface area contributed by atoms with E-state index < -0.39 is 5.82 Å². The van der Waals surface area contributed by atoms with Crippen molar-refractivity contribution in [3.63, 3.8) is 0 Å². The summed E-state index contributed by atoms with van der Waals surface area (Å²) in [6.45, 7) is 2.47. The van der Waals surface area contributed by atoms with Gasteiger partial charge in [0.1, 0.15) is 29.1 Å². The number of carbonyl (C=O) groups excluding carboxylic acids is 1. The van der Waals surface area contributed by atoms with Crippen LogP contribution in [0.1, 0.15) is 75.2 Å². The fourth-order valence-electron chi connectivity index (χ4n) is 7.55. The van der Waals surface area contributed by atoms with E-state index in [-0.39, 0.29) is 28.4 Å². The molecule has 2 aromatic carbocycles. The zero-order chi connectivity index (χ0) is 36.1. The van der Waals surface area contributed by atoms with Gasteiger partial charge in [-0.15, -0.1) is 21.5 Å². The standard InChI is InChI=1S/C29H25FN6O2S.C10H7ClFN/c1-15-34-35-28(38-15)22-19(10-7-16-5-8-18(30)9-6-16)33-25-20-4-3-13-36(20)29(37)24(25)23(22)21-14-17-11-12-32-27(31-2)26(17)39-21;11-9-4-6-2-1-3-7(6)10(12)8(9)5-13/h5-6,8-9,11-12,14,20H,3-4,7,10,13H2,1-2H3,(H,31,32);4H,1-3H2. The third-order valence-electron chi connectivity index (χ3n) is 9.96. The van der Waals surface area contributed by atoms with Crippen molar-refractivity contribution >= 4 is 44.7 Å². The van der Waals surface area contributed by atoms with Crippen molar-refractivity contribution in [1.29, 1.82) is 5.26 Å². The number of fused-ring (bicyclic) bond motifs is 5. The number of aryl methyl sites for hydroxylation is 4. The van der Waals surface area contributed by atoms with Gasteiger partial charge in [0.15, 0.2) is 0 Å². The van der Waals surface area contributed by atoms with Gasteiger partial charge in [-0.1, -0.05) is 23.7 Å². The molecule has 1 amide bonds. The fraction of sp³-hybridized carbons (Fsp3) is 0.282. The lowest BCUT2D eigenvalue weighted by Crippen LogP contribution is -2.22. The van der Waals surface area contributed by atoms with E-state index in [9.17, 15) is 13.6 Å². The number of nitrogens with one attached hydrogen (secondary N) is 1. The quantitative estimate of drug-likeness (QED) is 0.180. The lowest BCUT2D eigenvalue weighted by molar-refractivity contribution is 0.0776. The highest BCUT2D eigenvalue weighted by molar-refractivity contribution is 7.23. The van der Waals surface area contributed by atoms with E-state index >= 15 is 0 Å². The second kappa shape index (κ2) is 13.7. The average molecular weight is 736 g/mol. The van der Waals surface area contributed by atoms with Crippen molar-refractivity contribution in [2.24, 2.45) is 0 Å². The molecule has 13 heteroatoms. The van der Waals surface area contributed by atoms with Gasteiger partial charge in [0.25, 0.3) is 5.91 Å². The first-order chi connectivity index (χ1) is 25.2. The lowest BCUT2D eigenvalue weighted by Gasteiger charge is -2.16. The molecule has 3 aliphatic rings. The van der Waals surface area contributed by atoms with Gasteiger partial charge in [-0.2, -0.15) is 5.26 Å². The minimum atomic E-state index is -0.414. The normalized spacial score (nSPS) is 15.7. The highest BCUT2D eigenvalue weighted by Crippen LogP contribution is 2.50. The number of hydrogen-bond donors (Lipinski definition) is 1. The van der Waals surface area contributed by atoms with Crippen LogP contribution >= 0.6 is 22.9 Å². The summed E-state index contributed by atoms with van der Waals surface area (Å²) in [5.41, 5.74) is 6.36. The van der Waals surface area contributed by atoms with Crippen LogP contribution in [0.15, 0.2) is 53.1 Å². The van der Waals surface area contributed by atoms with E-state index in [0.717, 1.165) is 87.5 Å². The van der Waals surface area contributed by atoms with Gasteiger partial charge in [-0.3, -0.25) is 9.78 Å². The van der Waals surface area contributed by atoms with Gasteiger partial charge in [-0.05, 0) is 97.4 Å². The number of pyridine rings is 2. The minimum Gasteiger partial charge on any atom is -0.421 e. The molecular formula is C39H32ClF2N7O2S. The summed E-state index contributed by atoms with van der Waals surface area (Å²) >= 11 is 7.33. The molecule has 1 N–H and O–H groups in total. The highest BCUT2D eigenvalue weighted by atomic mass is 35.5. The van der Waals surface area contributed by atoms with Crippen LogP contribution in [-0.2, 0) is 25.7 Å². The molecule has 9 rings (SSSR count). The molecule has 0 radical (unpaired) electrons. The SMILES string of the molecule is CNc1nccc2cc(-c3c4c(nc(CCc5ccc(F)cc5)c3-c3nnc(C)o3)C3CCCN3C4=O)sc12.N#Cc1c(Cl)cc2c(c1F)CCC2. The summed E-state index contributed by atoms with van der Waals surface area (Å²) in [6, 6.07) is 14.1. The number of nitrogens with zero attached hydrogens (tertiary/aromatic N) is 6. The van der Waals surface area contributed by atoms with Crippen molar-refractivity contribution in [2.45, 2.75) is 57.9 Å². The van der Waals surface area contributed by atoms with Crippen LogP contribution in [0, 0.1) is 29.9 Å². The molecule has 0 saturated carbocycles. The first kappa shape index (κ1) is 33.9. The number of benzene rings is 2. The molecule has 262 valence electrons. The van der Waals surface area contributed by atoms with E-state index in [1.54, 1.807) is 48.7 Å². The molecule has 1 atom stereocenters. The van der Waals surface area contributed by atoms with Gasteiger partial charge in [0, 0.05) is 37.2 Å². The predicted octanol–water partition coefficient (Wildman–Crippen LogP) is 8.81. The Morgan fingerprint density at radius 2 is 1.90 bits per heavy atom. The Labute approximate surface area is 307 Å². The number of carbonyl (C=O) groups is 1. The molecule has 1 fully saturated rings. The monoisotopic (exact) mass is 735 g/mol. The summed E-state index contributed by atoms with van der Waals surface area (Å²) in [4.78, 5) is 26.4. The Kier molecular flexibility index (Phi) is 8.93. The number of hydrogen-bond acceptors (Lipinski definition) is 9. The number of halogens is 3. The molecule has 6 aromatic rings. The van der Waals surface area contributed by atoms with Crippen LogP contribution in [0.2, 0.25) is 5.02 Å². The highest BCUT2D eigenvalue weighted by Gasteiger charge is 2.45. The lowest BCUT2D eigenvalue weighted by atomic mass is 9.93. The molecule has 9 nitrogen and oxygen atoms in total. The van der Waals surface area contributed by atoms with Crippen LogP contribution in [0.3, 0.4) is 0 Å². The van der Waals surface area contributed by atoms with Gasteiger partial charge in [0.05, 0.1) is 38.3 Å². The van der Waals surface area contributed by atoms with Crippen LogP contribution in [-0.4, -0.2) is 44.6 Å². The number of anilines is 1. The third-order valence-corrected chi connectivity index (χ3v) is 11.4. The second-order valence-electron chi connectivity index (χ2n) is 13.1. The molecule has 1 saturated heterocycles. The van der Waals surface area contributed by atoms with Crippen LogP contribution in [0.5, 0.6) is 0 Å². The fourth-order valence-corrected chi connectivity index (χ4v) is 9.01. The van der Waals surface area contributed by atoms with Crippen LogP contribution in [0.25, 0.3) is 32.0 Å². The largest absolute Gasteiger partial charge is 0.421 e. The van der Waals surface area contributed by atoms with Gasteiger partial charge in [-0.25, -0.2) is 13.8 Å². The van der Waals surface area contributed by atoms with Crippen molar-refractivity contribution in [2.75, 3.05) is 18.9 Å². The zero-order valence-electron chi connectivity index (χ0n) is 28.4. The smallest absolute Gasteiger partial charge is 0.257 e. The van der Waals surface area contributed by atoms with Gasteiger partial charge < -0.3 is 14.6 Å². The topological polar surface area (TPSA) is 121 Å². The van der Waals surface area contributed by atoms with Crippen molar-refractivity contribution < 1.29 is 18.0 Å². The Hall–Kier alpha value is -5.25. The number of thiophene rings is 1. The molecule has 0 bridgehead atoms. The van der Waals surface area contributed by atoms with Crippen LogP contribution in [0.4, 0.5) is 14.6 Å². The van der Waals surface area contributed by atoms with E-state index in [1.807, 2.05) is 18.0 Å². The zero-order valence-corrected chi connectivity index (χ0v) is 30.0. The van der Waals surface area contributed by atoms with Crippen molar-refractivity contribution in [3.05, 3.63) is 110 Å². The summed E-state index contributed by atoms with van der Waals surface area (Å²) in [6.07, 6.45) is 7.40. The van der Waals surface area contributed by atoms with Crippen molar-refractivity contribution in [3.8, 4) is 28.0 Å². The molecular weight excluding hydrogens is 704 g/mol. The minimum absolute atomic E-state index is 0.00185. The summed E-state index contributed by atoms with van der Waals surface area (Å²) in [5.74, 6) is 0.887. The first-order valence-electron chi connectivity index (χ1n) is 17.1. The second-order valence-corrected chi connectivity index (χ2v) is 14.5. The number of aromatic nitrogens is 4. The van der Waals surface area contributed by atoms with E-state index in [4.69, 9.17) is 26.3 Å². The summed E-state index contributed by atoms with van der Waals surface area (Å²) in [5, 5.41) is 21.6. The molecule has 2 aliphatic heterocycles. The number of nitriles is 1. The molecule has 1 aliphatic carbocycles. The molecule has 4 aromatic heterocycles. The Bertz CT molecular complexity index is 2420. The van der Waals surface area contributed by atoms with Crippen LogP contribution < -0.4 is 5.32 Å². The molecule has 52 heavy (non-hydrogen) atoms. The molecule has 6 heterocycles. The maximum atomic E-state index is 13.9. The van der Waals surface area contributed by atoms with Gasteiger partial charge in [0.2, 0.25) is 11.8 Å². The average Bonchev–Trinajstić information content (AvgIpc) is 3.99. The van der Waals surface area contributed by atoms with Gasteiger partial charge >= 0.3 is 0 Å². The van der Waals surface area contributed by atoms with E-state index in [2.05, 4.69) is 26.6 Å². The maximum absolute atomic E-state index is 13.9. The first-order valence-corrected chi connectivity index (χ1v) is 18.3. The predicted molar refractivity (Wildman–Crippen MR) is 195 cm³/mol. The summed E-state index contributed by atoms with van der Waals surface area (Å²) < 4.78 is 34.1. The molecule has 0 spiro atoms.